The van der Waals surface area contributed by atoms with Gasteiger partial charge < -0.3 is 24.8 Å². The summed E-state index contributed by atoms with van der Waals surface area (Å²) in [5, 5.41) is 6.39. The fourth-order valence-corrected chi connectivity index (χ4v) is 2.67. The van der Waals surface area contributed by atoms with Crippen molar-refractivity contribution in [3.63, 3.8) is 0 Å². The molecule has 0 fully saturated rings. The summed E-state index contributed by atoms with van der Waals surface area (Å²) in [6, 6.07) is 14.3. The first-order valence-electron chi connectivity index (χ1n) is 8.74. The molecule has 2 N–H and O–H groups in total. The Balaban J connectivity index is 1.44. The number of hydrogen-bond acceptors (Lipinski definition) is 8. The van der Waals surface area contributed by atoms with E-state index in [4.69, 9.17) is 14.2 Å². The molecule has 0 spiro atoms. The Morgan fingerprint density at radius 1 is 0.964 bits per heavy atom. The van der Waals surface area contributed by atoms with E-state index in [1.54, 1.807) is 37.3 Å². The van der Waals surface area contributed by atoms with Crippen LogP contribution >= 0.6 is 0 Å². The minimum atomic E-state index is -0.341. The minimum Gasteiger partial charge on any atom is -0.462 e. The number of rotatable bonds is 6. The predicted octanol–water partition coefficient (Wildman–Crippen LogP) is 3.87. The highest BCUT2D eigenvalue weighted by atomic mass is 16.7. The molecule has 0 aliphatic carbocycles. The zero-order valence-electron chi connectivity index (χ0n) is 15.1. The number of carbonyl (C=O) groups is 1. The summed E-state index contributed by atoms with van der Waals surface area (Å²) in [6.07, 6.45) is 1.46. The minimum absolute atomic E-state index is 0.231. The predicted molar refractivity (Wildman–Crippen MR) is 104 cm³/mol. The number of carbonyl (C=O) groups excluding carboxylic acids is 1. The second-order valence-corrected chi connectivity index (χ2v) is 5.90. The summed E-state index contributed by atoms with van der Waals surface area (Å²) in [5.74, 6) is 2.31. The fourth-order valence-electron chi connectivity index (χ4n) is 2.67. The van der Waals surface area contributed by atoms with Crippen molar-refractivity contribution in [1.82, 2.24) is 9.97 Å². The first kappa shape index (κ1) is 17.6. The Hall–Kier alpha value is -3.81. The third-order valence-corrected chi connectivity index (χ3v) is 3.98. The molecular weight excluding hydrogens is 360 g/mol. The lowest BCUT2D eigenvalue weighted by molar-refractivity contribution is 0.0526. The number of anilines is 4. The van der Waals surface area contributed by atoms with E-state index in [0.717, 1.165) is 17.1 Å². The first-order chi connectivity index (χ1) is 13.7. The fraction of sp³-hybridized carbons (Fsp3) is 0.150. The van der Waals surface area contributed by atoms with Gasteiger partial charge in [0.15, 0.2) is 11.5 Å². The monoisotopic (exact) mass is 378 g/mol. The molecule has 0 radical (unpaired) electrons. The van der Waals surface area contributed by atoms with E-state index in [1.165, 1.54) is 6.33 Å². The van der Waals surface area contributed by atoms with Gasteiger partial charge >= 0.3 is 5.97 Å². The van der Waals surface area contributed by atoms with Crippen LogP contribution in [0.2, 0.25) is 0 Å². The molecule has 8 nitrogen and oxygen atoms in total. The third kappa shape index (κ3) is 3.96. The lowest BCUT2D eigenvalue weighted by atomic mass is 10.2. The number of aromatic nitrogens is 2. The van der Waals surface area contributed by atoms with Crippen LogP contribution in [0.25, 0.3) is 0 Å². The number of fused-ring (bicyclic) bond motifs is 1. The average molecular weight is 378 g/mol. The SMILES string of the molecule is CCOC(=O)c1ccc(Nc2cc(Nc3ccc4c(c3)OCO4)ncn2)cc1. The van der Waals surface area contributed by atoms with Crippen molar-refractivity contribution in [2.24, 2.45) is 0 Å². The quantitative estimate of drug-likeness (QED) is 0.624. The summed E-state index contributed by atoms with van der Waals surface area (Å²) >= 11 is 0. The van der Waals surface area contributed by atoms with Gasteiger partial charge in [0.2, 0.25) is 6.79 Å². The van der Waals surface area contributed by atoms with Gasteiger partial charge in [0.25, 0.3) is 0 Å². The maximum absolute atomic E-state index is 11.7. The van der Waals surface area contributed by atoms with Crippen molar-refractivity contribution in [1.29, 1.82) is 0 Å². The Kier molecular flexibility index (Phi) is 4.92. The van der Waals surface area contributed by atoms with Crippen molar-refractivity contribution in [2.75, 3.05) is 24.0 Å². The summed E-state index contributed by atoms with van der Waals surface area (Å²) in [5.41, 5.74) is 2.12. The van der Waals surface area contributed by atoms with Gasteiger partial charge in [-0.1, -0.05) is 0 Å². The van der Waals surface area contributed by atoms with Crippen LogP contribution in [0, 0.1) is 0 Å². The molecule has 2 heterocycles. The molecule has 142 valence electrons. The lowest BCUT2D eigenvalue weighted by Gasteiger charge is -2.09. The molecule has 1 aromatic heterocycles. The summed E-state index contributed by atoms with van der Waals surface area (Å²) in [7, 11) is 0. The van der Waals surface area contributed by atoms with Gasteiger partial charge in [-0.15, -0.1) is 0 Å². The molecule has 0 saturated heterocycles. The van der Waals surface area contributed by atoms with E-state index < -0.39 is 0 Å². The highest BCUT2D eigenvalue weighted by Gasteiger charge is 2.13. The molecule has 0 bridgehead atoms. The van der Waals surface area contributed by atoms with E-state index in [0.29, 0.717) is 29.6 Å². The standard InChI is InChI=1S/C20H18N4O4/c1-2-26-20(25)13-3-5-14(6-4-13)23-18-10-19(22-11-21-18)24-15-7-8-16-17(9-15)28-12-27-16/h3-11H,2,12H2,1H3,(H2,21,22,23,24). The van der Waals surface area contributed by atoms with Crippen LogP contribution in [-0.4, -0.2) is 29.3 Å². The number of nitrogens with one attached hydrogen (secondary N) is 2. The molecule has 3 aromatic rings. The second kappa shape index (κ2) is 7.83. The highest BCUT2D eigenvalue weighted by molar-refractivity contribution is 5.89. The van der Waals surface area contributed by atoms with Crippen molar-refractivity contribution >= 4 is 29.0 Å². The van der Waals surface area contributed by atoms with Gasteiger partial charge in [-0.05, 0) is 43.3 Å². The average Bonchev–Trinajstić information content (AvgIpc) is 3.17. The maximum Gasteiger partial charge on any atom is 0.338 e. The van der Waals surface area contributed by atoms with Crippen LogP contribution in [0.4, 0.5) is 23.0 Å². The van der Waals surface area contributed by atoms with Crippen molar-refractivity contribution in [3.8, 4) is 11.5 Å². The topological polar surface area (TPSA) is 94.6 Å². The number of benzene rings is 2. The maximum atomic E-state index is 11.7. The number of hydrogen-bond donors (Lipinski definition) is 2. The van der Waals surface area contributed by atoms with Gasteiger partial charge in [0.05, 0.1) is 12.2 Å². The first-order valence-corrected chi connectivity index (χ1v) is 8.74. The van der Waals surface area contributed by atoms with Gasteiger partial charge in [-0.25, -0.2) is 14.8 Å². The summed E-state index contributed by atoms with van der Waals surface area (Å²) < 4.78 is 15.7. The summed E-state index contributed by atoms with van der Waals surface area (Å²) in [4.78, 5) is 20.2. The van der Waals surface area contributed by atoms with Gasteiger partial charge in [-0.2, -0.15) is 0 Å². The van der Waals surface area contributed by atoms with E-state index in [-0.39, 0.29) is 12.8 Å². The molecule has 28 heavy (non-hydrogen) atoms. The Bertz CT molecular complexity index is 992. The van der Waals surface area contributed by atoms with Gasteiger partial charge in [0.1, 0.15) is 18.0 Å². The van der Waals surface area contributed by atoms with Crippen LogP contribution in [-0.2, 0) is 4.74 Å². The molecule has 1 aliphatic heterocycles. The molecule has 0 atom stereocenters. The van der Waals surface area contributed by atoms with Crippen LogP contribution in [0.3, 0.4) is 0 Å². The van der Waals surface area contributed by atoms with Gasteiger partial charge in [-0.3, -0.25) is 0 Å². The Labute approximate surface area is 161 Å². The van der Waals surface area contributed by atoms with Crippen LogP contribution in [0.1, 0.15) is 17.3 Å². The van der Waals surface area contributed by atoms with Gasteiger partial charge in [0, 0.05) is 23.5 Å². The number of nitrogens with zero attached hydrogens (tertiary/aromatic N) is 2. The van der Waals surface area contributed by atoms with Crippen LogP contribution in [0.5, 0.6) is 11.5 Å². The van der Waals surface area contributed by atoms with Crippen molar-refractivity contribution in [3.05, 3.63) is 60.4 Å². The zero-order valence-corrected chi connectivity index (χ0v) is 15.1. The molecule has 2 aromatic carbocycles. The van der Waals surface area contributed by atoms with Crippen molar-refractivity contribution < 1.29 is 19.0 Å². The molecule has 0 saturated carbocycles. The van der Waals surface area contributed by atoms with Crippen molar-refractivity contribution in [2.45, 2.75) is 6.92 Å². The molecular formula is C20H18N4O4. The van der Waals surface area contributed by atoms with E-state index in [1.807, 2.05) is 18.2 Å². The smallest absolute Gasteiger partial charge is 0.338 e. The molecule has 0 amide bonds. The second-order valence-electron chi connectivity index (χ2n) is 5.90. The highest BCUT2D eigenvalue weighted by Crippen LogP contribution is 2.35. The van der Waals surface area contributed by atoms with E-state index >= 15 is 0 Å². The third-order valence-electron chi connectivity index (χ3n) is 3.98. The van der Waals surface area contributed by atoms with Crippen LogP contribution < -0.4 is 20.1 Å². The van der Waals surface area contributed by atoms with E-state index in [2.05, 4.69) is 20.6 Å². The largest absolute Gasteiger partial charge is 0.462 e. The molecule has 1 aliphatic rings. The lowest BCUT2D eigenvalue weighted by Crippen LogP contribution is -2.04. The molecule has 8 heteroatoms. The number of esters is 1. The Morgan fingerprint density at radius 2 is 1.64 bits per heavy atom. The Morgan fingerprint density at radius 3 is 2.39 bits per heavy atom. The summed E-state index contributed by atoms with van der Waals surface area (Å²) in [6.45, 7) is 2.35. The zero-order chi connectivity index (χ0) is 19.3. The van der Waals surface area contributed by atoms with Crippen LogP contribution in [0.15, 0.2) is 54.9 Å². The van der Waals surface area contributed by atoms with E-state index in [9.17, 15) is 4.79 Å². The molecule has 4 rings (SSSR count). The number of ether oxygens (including phenoxy) is 3. The normalized spacial score (nSPS) is 11.8. The molecule has 0 unspecified atom stereocenters.